The molecule has 6 N–H and O–H groups in total. The standard InChI is InChI=1S/C31H35NO12/c1-15(10-11-40-18-6-4-3-5-7-18)27-25(37)26(38)31(44-27)43-20-9-8-17(13-19(20)33)12-16(2)30(39)32-21-22(34)24(36)29-28(23(21)35)41-14-42-29/h3-10,12-13,21-25,27-29,31,33-37H,11,14H2,1-2H3,(H,32,39)/b15-10+,16-12+/t21?,22-,23+,24+,25-,27+,28-,29+,31+/m0/s1. The Morgan fingerprint density at radius 2 is 1.70 bits per heavy atom. The van der Waals surface area contributed by atoms with Crippen molar-refractivity contribution in [3.05, 3.63) is 71.3 Å². The second-order valence-electron chi connectivity index (χ2n) is 10.8. The molecule has 13 heteroatoms. The summed E-state index contributed by atoms with van der Waals surface area (Å²) in [5, 5.41) is 54.9. The normalized spacial score (nSPS) is 32.3. The lowest BCUT2D eigenvalue weighted by Crippen LogP contribution is -2.67. The molecule has 2 aromatic rings. The minimum absolute atomic E-state index is 0.0831. The van der Waals surface area contributed by atoms with Gasteiger partial charge in [-0.05, 0) is 61.4 Å². The number of ketones is 1. The molecule has 9 atom stereocenters. The zero-order valence-electron chi connectivity index (χ0n) is 24.0. The Balaban J connectivity index is 1.18. The van der Waals surface area contributed by atoms with Gasteiger partial charge in [0.2, 0.25) is 11.7 Å². The summed E-state index contributed by atoms with van der Waals surface area (Å²) in [5.74, 6) is -1.11. The Morgan fingerprint density at radius 1 is 1.00 bits per heavy atom. The maximum Gasteiger partial charge on any atom is 0.263 e. The molecule has 236 valence electrons. The molecule has 0 aromatic heterocycles. The maximum atomic E-state index is 12.8. The number of rotatable bonds is 9. The highest BCUT2D eigenvalue weighted by atomic mass is 16.7. The van der Waals surface area contributed by atoms with Gasteiger partial charge < -0.3 is 54.5 Å². The lowest BCUT2D eigenvalue weighted by molar-refractivity contribution is -0.155. The number of hydrogen-bond acceptors (Lipinski definition) is 12. The van der Waals surface area contributed by atoms with Crippen molar-refractivity contribution in [3.63, 3.8) is 0 Å². The second kappa shape index (κ2) is 13.4. The van der Waals surface area contributed by atoms with Crippen molar-refractivity contribution >= 4 is 17.8 Å². The van der Waals surface area contributed by atoms with Gasteiger partial charge in [0.05, 0.1) is 6.04 Å². The summed E-state index contributed by atoms with van der Waals surface area (Å²) in [7, 11) is 0. The summed E-state index contributed by atoms with van der Waals surface area (Å²) in [4.78, 5) is 25.5. The van der Waals surface area contributed by atoms with Crippen molar-refractivity contribution < 1.29 is 58.8 Å². The van der Waals surface area contributed by atoms with E-state index in [1.165, 1.54) is 31.2 Å². The molecule has 0 bridgehead atoms. The molecule has 2 aliphatic heterocycles. The van der Waals surface area contributed by atoms with Crippen molar-refractivity contribution in [2.75, 3.05) is 13.4 Å². The fraction of sp³-hybridized carbons (Fsp3) is 0.419. The topological polar surface area (TPSA) is 193 Å². The van der Waals surface area contributed by atoms with Gasteiger partial charge in [-0.3, -0.25) is 9.59 Å². The number of Topliss-reactive ketones (excluding diaryl/α,β-unsaturated/α-hetero) is 1. The molecule has 2 saturated heterocycles. The minimum Gasteiger partial charge on any atom is -0.504 e. The molecule has 2 heterocycles. The number of benzene rings is 2. The van der Waals surface area contributed by atoms with Gasteiger partial charge in [0, 0.05) is 5.57 Å². The van der Waals surface area contributed by atoms with Crippen molar-refractivity contribution in [2.24, 2.45) is 0 Å². The number of hydrogen-bond donors (Lipinski definition) is 6. The van der Waals surface area contributed by atoms with Crippen LogP contribution in [-0.2, 0) is 23.8 Å². The number of phenolic OH excluding ortho intramolecular Hbond substituents is 1. The summed E-state index contributed by atoms with van der Waals surface area (Å²) in [6.45, 7) is 3.23. The summed E-state index contributed by atoms with van der Waals surface area (Å²) in [6, 6.07) is 12.1. The lowest BCUT2D eigenvalue weighted by atomic mass is 9.83. The molecule has 3 fully saturated rings. The average Bonchev–Trinajstić information content (AvgIpc) is 3.61. The number of phenols is 1. The molecular formula is C31H35NO12. The van der Waals surface area contributed by atoms with Crippen LogP contribution in [0, 0.1) is 0 Å². The number of para-hydroxylation sites is 1. The van der Waals surface area contributed by atoms with E-state index in [-0.39, 0.29) is 30.5 Å². The first-order valence-electron chi connectivity index (χ1n) is 14.0. The Morgan fingerprint density at radius 3 is 2.41 bits per heavy atom. The molecule has 5 rings (SSSR count). The minimum atomic E-state index is -1.49. The third kappa shape index (κ3) is 6.64. The van der Waals surface area contributed by atoms with Crippen LogP contribution in [0.5, 0.6) is 17.2 Å². The van der Waals surface area contributed by atoms with Gasteiger partial charge in [-0.2, -0.15) is 0 Å². The summed E-state index contributed by atoms with van der Waals surface area (Å²) < 4.78 is 27.4. The van der Waals surface area contributed by atoms with Gasteiger partial charge in [0.15, 0.2) is 11.5 Å². The number of ether oxygens (including phenoxy) is 5. The predicted molar refractivity (Wildman–Crippen MR) is 152 cm³/mol. The van der Waals surface area contributed by atoms with Crippen LogP contribution in [0.25, 0.3) is 6.08 Å². The van der Waals surface area contributed by atoms with Gasteiger partial charge in [-0.1, -0.05) is 24.3 Å². The largest absolute Gasteiger partial charge is 0.504 e. The first-order valence-corrected chi connectivity index (χ1v) is 14.0. The number of carbonyl (C=O) groups excluding carboxylic acids is 2. The number of carbonyl (C=O) groups is 2. The molecule has 0 radical (unpaired) electrons. The van der Waals surface area contributed by atoms with E-state index in [0.29, 0.717) is 16.9 Å². The fourth-order valence-electron chi connectivity index (χ4n) is 5.28. The van der Waals surface area contributed by atoms with Crippen LogP contribution < -0.4 is 14.8 Å². The van der Waals surface area contributed by atoms with Crippen LogP contribution in [0.4, 0.5) is 0 Å². The number of aliphatic hydroxyl groups excluding tert-OH is 4. The quantitative estimate of drug-likeness (QED) is 0.166. The van der Waals surface area contributed by atoms with Crippen LogP contribution in [0.3, 0.4) is 0 Å². The van der Waals surface area contributed by atoms with Gasteiger partial charge in [0.25, 0.3) is 6.29 Å². The van der Waals surface area contributed by atoms with Crippen LogP contribution >= 0.6 is 0 Å². The van der Waals surface area contributed by atoms with Crippen LogP contribution in [0.1, 0.15) is 19.4 Å². The highest BCUT2D eigenvalue weighted by molar-refractivity contribution is 5.97. The summed E-state index contributed by atoms with van der Waals surface area (Å²) >= 11 is 0. The molecule has 1 unspecified atom stereocenters. The van der Waals surface area contributed by atoms with Crippen LogP contribution in [0.2, 0.25) is 0 Å². The number of nitrogens with one attached hydrogen (secondary N) is 1. The molecule has 1 saturated carbocycles. The number of amides is 1. The predicted octanol–water partition coefficient (Wildman–Crippen LogP) is 0.177. The van der Waals surface area contributed by atoms with E-state index < -0.39 is 66.8 Å². The Labute approximate surface area is 252 Å². The molecule has 1 aliphatic carbocycles. The first-order chi connectivity index (χ1) is 21.0. The fourth-order valence-corrected chi connectivity index (χ4v) is 5.28. The van der Waals surface area contributed by atoms with Crippen LogP contribution in [0.15, 0.2) is 65.8 Å². The average molecular weight is 614 g/mol. The van der Waals surface area contributed by atoms with Crippen molar-refractivity contribution in [3.8, 4) is 17.2 Å². The molecule has 3 aliphatic rings. The van der Waals surface area contributed by atoms with Crippen molar-refractivity contribution in [1.29, 1.82) is 0 Å². The zero-order valence-corrected chi connectivity index (χ0v) is 24.0. The van der Waals surface area contributed by atoms with E-state index in [1.807, 2.05) is 18.2 Å². The van der Waals surface area contributed by atoms with E-state index in [0.717, 1.165) is 0 Å². The van der Waals surface area contributed by atoms with Gasteiger partial charge in [0.1, 0.15) is 61.9 Å². The van der Waals surface area contributed by atoms with Crippen LogP contribution in [-0.4, -0.2) is 106 Å². The molecular weight excluding hydrogens is 578 g/mol. The van der Waals surface area contributed by atoms with Gasteiger partial charge in [-0.25, -0.2) is 0 Å². The maximum absolute atomic E-state index is 12.8. The SMILES string of the molecule is C/C(=C\c1ccc(O[C@@H]2O[C@H](/C(C)=C/COc3ccccc3)[C@@H](O)C2=O)c(O)c1)C(=O)NC1[C@@H](O)[C@@H]2OCO[C@@H]2[C@H](O)[C@H]1O. The van der Waals surface area contributed by atoms with Crippen molar-refractivity contribution in [1.82, 2.24) is 5.32 Å². The van der Waals surface area contributed by atoms with Gasteiger partial charge >= 0.3 is 0 Å². The number of aliphatic hydroxyl groups is 4. The lowest BCUT2D eigenvalue weighted by Gasteiger charge is -2.41. The van der Waals surface area contributed by atoms with E-state index >= 15 is 0 Å². The molecule has 0 spiro atoms. The van der Waals surface area contributed by atoms with E-state index in [1.54, 1.807) is 25.1 Å². The first kappa shape index (κ1) is 31.6. The summed E-state index contributed by atoms with van der Waals surface area (Å²) in [6.07, 6.45) is -6.77. The smallest absolute Gasteiger partial charge is 0.263 e. The van der Waals surface area contributed by atoms with Crippen molar-refractivity contribution in [2.45, 2.75) is 68.9 Å². The molecule has 44 heavy (non-hydrogen) atoms. The van der Waals surface area contributed by atoms with E-state index in [2.05, 4.69) is 5.32 Å². The molecule has 1 amide bonds. The molecule has 13 nitrogen and oxygen atoms in total. The highest BCUT2D eigenvalue weighted by Gasteiger charge is 2.53. The summed E-state index contributed by atoms with van der Waals surface area (Å²) in [5.41, 5.74) is 1.13. The van der Waals surface area contributed by atoms with E-state index in [4.69, 9.17) is 23.7 Å². The van der Waals surface area contributed by atoms with Gasteiger partial charge in [-0.15, -0.1) is 0 Å². The molecule has 2 aromatic carbocycles. The third-order valence-electron chi connectivity index (χ3n) is 7.79. The highest BCUT2D eigenvalue weighted by Crippen LogP contribution is 2.33. The number of aromatic hydroxyl groups is 1. The Hall–Kier alpha value is -3.82. The monoisotopic (exact) mass is 613 g/mol. The van der Waals surface area contributed by atoms with E-state index in [9.17, 15) is 35.1 Å². The third-order valence-corrected chi connectivity index (χ3v) is 7.79. The zero-order chi connectivity index (χ0) is 31.5. The Bertz CT molecular complexity index is 1410. The Kier molecular flexibility index (Phi) is 9.65. The number of fused-ring (bicyclic) bond motifs is 1. The second-order valence-corrected chi connectivity index (χ2v) is 10.8.